The summed E-state index contributed by atoms with van der Waals surface area (Å²) in [6.07, 6.45) is 1.04. The van der Waals surface area contributed by atoms with E-state index in [1.165, 1.54) is 4.88 Å². The van der Waals surface area contributed by atoms with Crippen LogP contribution in [0.5, 0.6) is 0 Å². The minimum Gasteiger partial charge on any atom is -0.328 e. The average molecular weight is 233 g/mol. The molecule has 1 unspecified atom stereocenters. The molecule has 0 aliphatic heterocycles. The van der Waals surface area contributed by atoms with Gasteiger partial charge >= 0.3 is 0 Å². The van der Waals surface area contributed by atoms with Gasteiger partial charge < -0.3 is 10.6 Å². The molecule has 0 bridgehead atoms. The van der Waals surface area contributed by atoms with Gasteiger partial charge in [-0.05, 0) is 39.1 Å². The zero-order valence-corrected chi connectivity index (χ0v) is 10.2. The SMILES string of the molecule is CC(N)CCN(C)Cc1ccc(Cl)s1. The van der Waals surface area contributed by atoms with Crippen molar-refractivity contribution in [3.63, 3.8) is 0 Å². The molecule has 0 aliphatic rings. The molecule has 80 valence electrons. The van der Waals surface area contributed by atoms with Crippen molar-refractivity contribution in [1.29, 1.82) is 0 Å². The minimum atomic E-state index is 0.282. The van der Waals surface area contributed by atoms with Gasteiger partial charge in [-0.2, -0.15) is 0 Å². The van der Waals surface area contributed by atoms with Gasteiger partial charge in [-0.1, -0.05) is 11.6 Å². The smallest absolute Gasteiger partial charge is 0.0931 e. The first-order valence-corrected chi connectivity index (χ1v) is 5.95. The largest absolute Gasteiger partial charge is 0.328 e. The topological polar surface area (TPSA) is 29.3 Å². The van der Waals surface area contributed by atoms with Gasteiger partial charge in [0, 0.05) is 17.5 Å². The molecule has 14 heavy (non-hydrogen) atoms. The predicted octanol–water partition coefficient (Wildman–Crippen LogP) is 2.57. The molecule has 1 atom stereocenters. The van der Waals surface area contributed by atoms with Crippen LogP contribution in [0.4, 0.5) is 0 Å². The summed E-state index contributed by atoms with van der Waals surface area (Å²) >= 11 is 7.49. The Morgan fingerprint density at radius 1 is 1.57 bits per heavy atom. The number of nitrogens with two attached hydrogens (primary N) is 1. The molecular weight excluding hydrogens is 216 g/mol. The summed E-state index contributed by atoms with van der Waals surface area (Å²) in [5, 5.41) is 0. The molecule has 0 aromatic carbocycles. The van der Waals surface area contributed by atoms with E-state index in [4.69, 9.17) is 17.3 Å². The number of hydrogen-bond donors (Lipinski definition) is 1. The fraction of sp³-hybridized carbons (Fsp3) is 0.600. The van der Waals surface area contributed by atoms with Crippen LogP contribution in [0.2, 0.25) is 4.34 Å². The molecule has 1 aromatic heterocycles. The van der Waals surface area contributed by atoms with Crippen LogP contribution in [0, 0.1) is 0 Å². The summed E-state index contributed by atoms with van der Waals surface area (Å²) < 4.78 is 0.862. The fourth-order valence-corrected chi connectivity index (χ4v) is 2.37. The number of halogens is 1. The van der Waals surface area contributed by atoms with E-state index >= 15 is 0 Å². The zero-order chi connectivity index (χ0) is 10.6. The lowest BCUT2D eigenvalue weighted by atomic mass is 10.2. The summed E-state index contributed by atoms with van der Waals surface area (Å²) in [5.41, 5.74) is 5.69. The van der Waals surface area contributed by atoms with E-state index in [0.717, 1.165) is 23.8 Å². The zero-order valence-electron chi connectivity index (χ0n) is 8.66. The molecule has 1 aromatic rings. The molecule has 2 nitrogen and oxygen atoms in total. The summed E-state index contributed by atoms with van der Waals surface area (Å²) in [6, 6.07) is 4.31. The monoisotopic (exact) mass is 232 g/mol. The van der Waals surface area contributed by atoms with Crippen LogP contribution in [-0.4, -0.2) is 24.5 Å². The maximum atomic E-state index is 5.85. The average Bonchev–Trinajstić information content (AvgIpc) is 2.48. The summed E-state index contributed by atoms with van der Waals surface area (Å²) in [4.78, 5) is 3.58. The maximum Gasteiger partial charge on any atom is 0.0931 e. The first-order chi connectivity index (χ1) is 6.58. The number of nitrogens with zero attached hydrogens (tertiary/aromatic N) is 1. The van der Waals surface area contributed by atoms with Crippen LogP contribution in [0.15, 0.2) is 12.1 Å². The first-order valence-electron chi connectivity index (χ1n) is 4.76. The lowest BCUT2D eigenvalue weighted by Crippen LogP contribution is -2.25. The van der Waals surface area contributed by atoms with Gasteiger partial charge in [0.2, 0.25) is 0 Å². The molecule has 2 N–H and O–H groups in total. The second kappa shape index (κ2) is 5.71. The predicted molar refractivity (Wildman–Crippen MR) is 63.9 cm³/mol. The third-order valence-corrected chi connectivity index (χ3v) is 3.24. The molecule has 0 fully saturated rings. The Morgan fingerprint density at radius 3 is 2.79 bits per heavy atom. The van der Waals surface area contributed by atoms with Crippen LogP contribution in [0.3, 0.4) is 0 Å². The Balaban J connectivity index is 2.30. The third-order valence-electron chi connectivity index (χ3n) is 2.02. The minimum absolute atomic E-state index is 0.282. The van der Waals surface area contributed by atoms with Gasteiger partial charge in [0.25, 0.3) is 0 Å². The van der Waals surface area contributed by atoms with Crippen LogP contribution >= 0.6 is 22.9 Å². The van der Waals surface area contributed by atoms with E-state index in [-0.39, 0.29) is 6.04 Å². The summed E-state index contributed by atoms with van der Waals surface area (Å²) in [5.74, 6) is 0. The van der Waals surface area contributed by atoms with Crippen molar-refractivity contribution in [3.05, 3.63) is 21.3 Å². The molecule has 0 radical (unpaired) electrons. The van der Waals surface area contributed by atoms with Crippen molar-refractivity contribution in [2.24, 2.45) is 5.73 Å². The molecule has 1 heterocycles. The van der Waals surface area contributed by atoms with Crippen LogP contribution in [-0.2, 0) is 6.54 Å². The first kappa shape index (κ1) is 12.0. The van der Waals surface area contributed by atoms with Gasteiger partial charge in [-0.15, -0.1) is 11.3 Å². The van der Waals surface area contributed by atoms with Crippen molar-refractivity contribution in [3.8, 4) is 0 Å². The quantitative estimate of drug-likeness (QED) is 0.846. The second-order valence-corrected chi connectivity index (χ2v) is 5.51. The highest BCUT2D eigenvalue weighted by Crippen LogP contribution is 2.22. The normalized spacial score (nSPS) is 13.5. The molecule has 0 amide bonds. The summed E-state index contributed by atoms with van der Waals surface area (Å²) in [6.45, 7) is 4.03. The summed E-state index contributed by atoms with van der Waals surface area (Å²) in [7, 11) is 2.11. The van der Waals surface area contributed by atoms with Crippen molar-refractivity contribution in [2.75, 3.05) is 13.6 Å². The van der Waals surface area contributed by atoms with Crippen LogP contribution < -0.4 is 5.73 Å². The molecular formula is C10H17ClN2S. The standard InChI is InChI=1S/C10H17ClN2S/c1-8(12)5-6-13(2)7-9-3-4-10(11)14-9/h3-4,8H,5-7,12H2,1-2H3. The Morgan fingerprint density at radius 2 is 2.29 bits per heavy atom. The molecule has 0 spiro atoms. The van der Waals surface area contributed by atoms with E-state index < -0.39 is 0 Å². The van der Waals surface area contributed by atoms with E-state index in [1.54, 1.807) is 11.3 Å². The highest BCUT2D eigenvalue weighted by molar-refractivity contribution is 7.16. The van der Waals surface area contributed by atoms with Gasteiger partial charge in [0.05, 0.1) is 4.34 Å². The van der Waals surface area contributed by atoms with E-state index in [0.29, 0.717) is 0 Å². The van der Waals surface area contributed by atoms with Crippen LogP contribution in [0.25, 0.3) is 0 Å². The van der Waals surface area contributed by atoms with Crippen molar-refractivity contribution < 1.29 is 0 Å². The van der Waals surface area contributed by atoms with Crippen molar-refractivity contribution >= 4 is 22.9 Å². The lowest BCUT2D eigenvalue weighted by Gasteiger charge is -2.16. The van der Waals surface area contributed by atoms with Gasteiger partial charge in [-0.25, -0.2) is 0 Å². The molecule has 1 rings (SSSR count). The van der Waals surface area contributed by atoms with E-state index in [1.807, 2.05) is 13.0 Å². The Labute approximate surface area is 94.7 Å². The highest BCUT2D eigenvalue weighted by atomic mass is 35.5. The van der Waals surface area contributed by atoms with Crippen molar-refractivity contribution in [2.45, 2.75) is 25.9 Å². The lowest BCUT2D eigenvalue weighted by molar-refractivity contribution is 0.316. The van der Waals surface area contributed by atoms with Crippen LogP contribution in [0.1, 0.15) is 18.2 Å². The fourth-order valence-electron chi connectivity index (χ4n) is 1.21. The molecule has 0 saturated carbocycles. The van der Waals surface area contributed by atoms with E-state index in [2.05, 4.69) is 18.0 Å². The van der Waals surface area contributed by atoms with E-state index in [9.17, 15) is 0 Å². The third kappa shape index (κ3) is 4.42. The molecule has 4 heteroatoms. The molecule has 0 saturated heterocycles. The maximum absolute atomic E-state index is 5.85. The molecule has 0 aliphatic carbocycles. The Hall–Kier alpha value is -0.0900. The second-order valence-electron chi connectivity index (χ2n) is 3.71. The van der Waals surface area contributed by atoms with Gasteiger partial charge in [-0.3, -0.25) is 0 Å². The van der Waals surface area contributed by atoms with Gasteiger partial charge in [0.15, 0.2) is 0 Å². The van der Waals surface area contributed by atoms with Gasteiger partial charge in [0.1, 0.15) is 0 Å². The Kier molecular flexibility index (Phi) is 4.89. The number of hydrogen-bond acceptors (Lipinski definition) is 3. The highest BCUT2D eigenvalue weighted by Gasteiger charge is 2.03. The number of rotatable bonds is 5. The number of thiophene rings is 1. The Bertz CT molecular complexity index is 273. The van der Waals surface area contributed by atoms with Crippen molar-refractivity contribution in [1.82, 2.24) is 4.90 Å².